The van der Waals surface area contributed by atoms with Crippen LogP contribution in [0.4, 0.5) is 11.4 Å². The lowest BCUT2D eigenvalue weighted by molar-refractivity contribution is -0.384. The van der Waals surface area contributed by atoms with E-state index in [4.69, 9.17) is 14.7 Å². The SMILES string of the molecule is Cc1ccoc1-c1noc(-c2cc([N+](=O)[O-])ccc2N)n1. The fraction of sp³-hybridized carbons (Fsp3) is 0.0769. The van der Waals surface area contributed by atoms with Crippen LogP contribution < -0.4 is 5.73 Å². The molecule has 0 spiro atoms. The molecule has 2 N–H and O–H groups in total. The lowest BCUT2D eigenvalue weighted by atomic mass is 10.1. The molecule has 0 unspecified atom stereocenters. The number of nitro benzene ring substituents is 1. The van der Waals surface area contributed by atoms with Crippen LogP contribution in [-0.4, -0.2) is 15.1 Å². The van der Waals surface area contributed by atoms with Crippen molar-refractivity contribution >= 4 is 11.4 Å². The van der Waals surface area contributed by atoms with Crippen molar-refractivity contribution in [2.75, 3.05) is 5.73 Å². The van der Waals surface area contributed by atoms with Gasteiger partial charge in [-0.15, -0.1) is 0 Å². The maximum Gasteiger partial charge on any atom is 0.270 e. The zero-order valence-corrected chi connectivity index (χ0v) is 10.9. The van der Waals surface area contributed by atoms with Crippen molar-refractivity contribution in [2.24, 2.45) is 0 Å². The van der Waals surface area contributed by atoms with Gasteiger partial charge in [-0.2, -0.15) is 4.98 Å². The van der Waals surface area contributed by atoms with Gasteiger partial charge in [-0.3, -0.25) is 10.1 Å². The Morgan fingerprint density at radius 2 is 2.14 bits per heavy atom. The molecule has 0 fully saturated rings. The van der Waals surface area contributed by atoms with Crippen LogP contribution in [0.1, 0.15) is 5.56 Å². The lowest BCUT2D eigenvalue weighted by Gasteiger charge is -1.99. The Balaban J connectivity index is 2.06. The third kappa shape index (κ3) is 2.22. The minimum absolute atomic E-state index is 0.0991. The zero-order valence-electron chi connectivity index (χ0n) is 10.9. The molecular weight excluding hydrogens is 276 g/mol. The van der Waals surface area contributed by atoms with E-state index in [1.165, 1.54) is 24.5 Å². The van der Waals surface area contributed by atoms with E-state index in [1.54, 1.807) is 6.07 Å². The van der Waals surface area contributed by atoms with Crippen LogP contribution in [0.3, 0.4) is 0 Å². The van der Waals surface area contributed by atoms with Crippen molar-refractivity contribution in [1.29, 1.82) is 0 Å². The van der Waals surface area contributed by atoms with Gasteiger partial charge < -0.3 is 14.7 Å². The molecule has 0 saturated carbocycles. The van der Waals surface area contributed by atoms with Gasteiger partial charge in [0, 0.05) is 17.8 Å². The van der Waals surface area contributed by atoms with Gasteiger partial charge in [0.2, 0.25) is 5.82 Å². The Morgan fingerprint density at radius 3 is 2.81 bits per heavy atom. The third-order valence-electron chi connectivity index (χ3n) is 2.97. The highest BCUT2D eigenvalue weighted by Crippen LogP contribution is 2.30. The van der Waals surface area contributed by atoms with E-state index in [0.717, 1.165) is 5.56 Å². The van der Waals surface area contributed by atoms with Gasteiger partial charge in [0.15, 0.2) is 5.76 Å². The normalized spacial score (nSPS) is 10.7. The van der Waals surface area contributed by atoms with Crippen molar-refractivity contribution < 1.29 is 13.9 Å². The molecule has 0 radical (unpaired) electrons. The van der Waals surface area contributed by atoms with Crippen LogP contribution >= 0.6 is 0 Å². The Morgan fingerprint density at radius 1 is 1.33 bits per heavy atom. The van der Waals surface area contributed by atoms with Crippen LogP contribution in [0.5, 0.6) is 0 Å². The number of anilines is 1. The Labute approximate surface area is 118 Å². The molecule has 0 saturated heterocycles. The number of aromatic nitrogens is 2. The maximum absolute atomic E-state index is 10.8. The molecule has 0 amide bonds. The topological polar surface area (TPSA) is 121 Å². The second kappa shape index (κ2) is 4.75. The number of benzene rings is 1. The van der Waals surface area contributed by atoms with Gasteiger partial charge in [0.05, 0.1) is 16.7 Å². The summed E-state index contributed by atoms with van der Waals surface area (Å²) in [6.45, 7) is 1.84. The third-order valence-corrected chi connectivity index (χ3v) is 2.97. The second-order valence-corrected chi connectivity index (χ2v) is 4.38. The largest absolute Gasteiger partial charge is 0.461 e. The van der Waals surface area contributed by atoms with E-state index in [2.05, 4.69) is 10.1 Å². The molecule has 0 bridgehead atoms. The van der Waals surface area contributed by atoms with Crippen molar-refractivity contribution in [3.05, 3.63) is 46.2 Å². The fourth-order valence-electron chi connectivity index (χ4n) is 1.87. The minimum atomic E-state index is -0.517. The highest BCUT2D eigenvalue weighted by Gasteiger charge is 2.19. The fourth-order valence-corrected chi connectivity index (χ4v) is 1.87. The van der Waals surface area contributed by atoms with Gasteiger partial charge in [-0.1, -0.05) is 5.16 Å². The van der Waals surface area contributed by atoms with E-state index in [9.17, 15) is 10.1 Å². The van der Waals surface area contributed by atoms with Gasteiger partial charge in [-0.05, 0) is 24.6 Å². The van der Waals surface area contributed by atoms with Gasteiger partial charge in [-0.25, -0.2) is 0 Å². The molecule has 0 aliphatic rings. The average Bonchev–Trinajstić information content (AvgIpc) is 3.07. The van der Waals surface area contributed by atoms with Crippen molar-refractivity contribution in [3.8, 4) is 23.0 Å². The number of hydrogen-bond acceptors (Lipinski definition) is 7. The van der Waals surface area contributed by atoms with Crippen LogP contribution in [0.25, 0.3) is 23.0 Å². The number of non-ortho nitro benzene ring substituents is 1. The summed E-state index contributed by atoms with van der Waals surface area (Å²) in [5.74, 6) is 0.842. The molecule has 3 rings (SSSR count). The maximum atomic E-state index is 10.8. The number of nitrogens with zero attached hydrogens (tertiary/aromatic N) is 3. The average molecular weight is 286 g/mol. The first-order valence-electron chi connectivity index (χ1n) is 5.98. The number of nitrogens with two attached hydrogens (primary N) is 1. The molecule has 8 heteroatoms. The van der Waals surface area contributed by atoms with E-state index in [1.807, 2.05) is 6.92 Å². The summed E-state index contributed by atoms with van der Waals surface area (Å²) in [4.78, 5) is 14.5. The van der Waals surface area contributed by atoms with Crippen molar-refractivity contribution in [1.82, 2.24) is 10.1 Å². The van der Waals surface area contributed by atoms with Gasteiger partial charge in [0.25, 0.3) is 11.6 Å². The molecule has 1 aromatic carbocycles. The highest BCUT2D eigenvalue weighted by molar-refractivity contribution is 5.73. The molecule has 2 aromatic heterocycles. The Hall–Kier alpha value is -3.16. The smallest absolute Gasteiger partial charge is 0.270 e. The first-order valence-corrected chi connectivity index (χ1v) is 5.98. The summed E-state index contributed by atoms with van der Waals surface area (Å²) in [5.41, 5.74) is 7.18. The first-order chi connectivity index (χ1) is 10.1. The lowest BCUT2D eigenvalue weighted by Crippen LogP contribution is -1.94. The molecule has 0 aliphatic carbocycles. The summed E-state index contributed by atoms with van der Waals surface area (Å²) >= 11 is 0. The van der Waals surface area contributed by atoms with Gasteiger partial charge >= 0.3 is 0 Å². The molecular formula is C13H10N4O4. The number of rotatable bonds is 3. The minimum Gasteiger partial charge on any atom is -0.461 e. The number of hydrogen-bond donors (Lipinski definition) is 1. The van der Waals surface area contributed by atoms with Crippen molar-refractivity contribution in [3.63, 3.8) is 0 Å². The van der Waals surface area contributed by atoms with Crippen molar-refractivity contribution in [2.45, 2.75) is 6.92 Å². The van der Waals surface area contributed by atoms with E-state index in [-0.39, 0.29) is 17.4 Å². The van der Waals surface area contributed by atoms with Gasteiger partial charge in [0.1, 0.15) is 0 Å². The Kier molecular flexibility index (Phi) is 2.90. The van der Waals surface area contributed by atoms with Crippen LogP contribution in [-0.2, 0) is 0 Å². The van der Waals surface area contributed by atoms with E-state index >= 15 is 0 Å². The summed E-state index contributed by atoms with van der Waals surface area (Å²) in [7, 11) is 0. The number of nitro groups is 1. The molecule has 106 valence electrons. The highest BCUT2D eigenvalue weighted by atomic mass is 16.6. The Bertz CT molecular complexity index is 821. The van der Waals surface area contributed by atoms with Crippen LogP contribution in [0.15, 0.2) is 39.5 Å². The van der Waals surface area contributed by atoms with Crippen LogP contribution in [0.2, 0.25) is 0 Å². The summed E-state index contributed by atoms with van der Waals surface area (Å²) in [6, 6.07) is 5.80. The second-order valence-electron chi connectivity index (χ2n) is 4.38. The van der Waals surface area contributed by atoms with Crippen LogP contribution in [0, 0.1) is 17.0 Å². The monoisotopic (exact) mass is 286 g/mol. The van der Waals surface area contributed by atoms with E-state index < -0.39 is 4.92 Å². The molecule has 0 aliphatic heterocycles. The molecule has 8 nitrogen and oxygen atoms in total. The quantitative estimate of drug-likeness (QED) is 0.446. The van der Waals surface area contributed by atoms with E-state index in [0.29, 0.717) is 17.0 Å². The molecule has 3 aromatic rings. The number of furan rings is 1. The molecule has 0 atom stereocenters. The predicted molar refractivity (Wildman–Crippen MR) is 73.2 cm³/mol. The summed E-state index contributed by atoms with van der Waals surface area (Å²) < 4.78 is 10.4. The summed E-state index contributed by atoms with van der Waals surface area (Å²) in [6.07, 6.45) is 1.52. The molecule has 21 heavy (non-hydrogen) atoms. The number of aryl methyl sites for hydroxylation is 1. The first kappa shape index (κ1) is 12.9. The zero-order chi connectivity index (χ0) is 15.0. The summed E-state index contributed by atoms with van der Waals surface area (Å²) in [5, 5.41) is 14.6. The number of nitrogen functional groups attached to an aromatic ring is 1. The predicted octanol–water partition coefficient (Wildman–Crippen LogP) is 2.80. The molecule has 2 heterocycles. The standard InChI is InChI=1S/C13H10N4O4/c1-7-4-5-20-11(7)12-15-13(21-16-12)9-6-8(17(18)19)2-3-10(9)14/h2-6H,14H2,1H3.